The zero-order valence-corrected chi connectivity index (χ0v) is 12.1. The van der Waals surface area contributed by atoms with E-state index >= 15 is 0 Å². The second-order valence-electron chi connectivity index (χ2n) is 4.86. The Hall–Kier alpha value is -0.850. The predicted molar refractivity (Wildman–Crippen MR) is 70.8 cm³/mol. The number of hydrogen-bond donors (Lipinski definition) is 0. The average Bonchev–Trinajstić information content (AvgIpc) is 2.87. The number of piperidine rings is 1. The molecule has 6 heteroatoms. The highest BCUT2D eigenvalue weighted by molar-refractivity contribution is 9.10. The lowest BCUT2D eigenvalue weighted by molar-refractivity contribution is -0.281. The highest BCUT2D eigenvalue weighted by atomic mass is 79.9. The number of likely N-dealkylation sites (tertiary alicyclic amines) is 1. The van der Waals surface area contributed by atoms with Crippen molar-refractivity contribution in [3.8, 4) is 0 Å². The van der Waals surface area contributed by atoms with Crippen molar-refractivity contribution in [2.75, 3.05) is 26.3 Å². The molecule has 1 spiro atoms. The van der Waals surface area contributed by atoms with Crippen molar-refractivity contribution in [1.82, 2.24) is 4.90 Å². The van der Waals surface area contributed by atoms with E-state index < -0.39 is 5.79 Å². The molecule has 3 heterocycles. The lowest BCUT2D eigenvalue weighted by Gasteiger charge is -2.43. The van der Waals surface area contributed by atoms with Gasteiger partial charge in [0.15, 0.2) is 16.2 Å². The van der Waals surface area contributed by atoms with E-state index in [4.69, 9.17) is 13.9 Å². The zero-order valence-electron chi connectivity index (χ0n) is 10.6. The van der Waals surface area contributed by atoms with Crippen LogP contribution < -0.4 is 0 Å². The van der Waals surface area contributed by atoms with Gasteiger partial charge in [0.2, 0.25) is 0 Å². The molecule has 2 saturated heterocycles. The second kappa shape index (κ2) is 5.26. The van der Waals surface area contributed by atoms with Crippen molar-refractivity contribution in [2.24, 2.45) is 0 Å². The van der Waals surface area contributed by atoms with Crippen molar-refractivity contribution in [1.29, 1.82) is 0 Å². The van der Waals surface area contributed by atoms with Gasteiger partial charge in [0.1, 0.15) is 0 Å². The topological polar surface area (TPSA) is 51.9 Å². The maximum Gasteiger partial charge on any atom is 0.289 e. The molecule has 0 unspecified atom stereocenters. The molecule has 0 aromatic carbocycles. The van der Waals surface area contributed by atoms with E-state index in [1.165, 1.54) is 0 Å². The van der Waals surface area contributed by atoms with Crippen LogP contribution in [0.15, 0.2) is 21.2 Å². The van der Waals surface area contributed by atoms with Gasteiger partial charge in [0.25, 0.3) is 5.91 Å². The first kappa shape index (κ1) is 13.1. The first-order valence-corrected chi connectivity index (χ1v) is 7.30. The summed E-state index contributed by atoms with van der Waals surface area (Å²) < 4.78 is 17.4. The number of furan rings is 1. The number of ether oxygens (including phenoxy) is 2. The Morgan fingerprint density at radius 2 is 1.89 bits per heavy atom. The molecule has 5 nitrogen and oxygen atoms in total. The predicted octanol–water partition coefficient (Wildman–Crippen LogP) is 2.41. The average molecular weight is 330 g/mol. The molecule has 0 N–H and O–H groups in total. The Kier molecular flexibility index (Phi) is 3.64. The van der Waals surface area contributed by atoms with Crippen molar-refractivity contribution >= 4 is 21.8 Å². The van der Waals surface area contributed by atoms with E-state index in [0.717, 1.165) is 32.5 Å². The van der Waals surface area contributed by atoms with E-state index in [9.17, 15) is 4.79 Å². The fraction of sp³-hybridized carbons (Fsp3) is 0.615. The minimum atomic E-state index is -0.460. The van der Waals surface area contributed by atoms with Crippen LogP contribution in [-0.4, -0.2) is 42.9 Å². The van der Waals surface area contributed by atoms with E-state index in [1.807, 2.05) is 0 Å². The molecule has 2 fully saturated rings. The summed E-state index contributed by atoms with van der Waals surface area (Å²) in [7, 11) is 0. The van der Waals surface area contributed by atoms with Crippen LogP contribution in [0.1, 0.15) is 29.8 Å². The number of carbonyl (C=O) groups excluding carboxylic acids is 1. The Labute approximate surface area is 120 Å². The van der Waals surface area contributed by atoms with Crippen molar-refractivity contribution < 1.29 is 18.7 Å². The summed E-state index contributed by atoms with van der Waals surface area (Å²) >= 11 is 3.20. The number of carbonyl (C=O) groups is 1. The van der Waals surface area contributed by atoms with Gasteiger partial charge in [-0.25, -0.2) is 0 Å². The SMILES string of the molecule is O=C(c1ccc(Br)o1)N1CCC2(CC1)OCCCO2. The molecule has 2 aliphatic heterocycles. The molecule has 1 aromatic heterocycles. The van der Waals surface area contributed by atoms with Crippen LogP contribution in [0.5, 0.6) is 0 Å². The Bertz CT molecular complexity index is 457. The summed E-state index contributed by atoms with van der Waals surface area (Å²) in [5.74, 6) is -0.164. The molecule has 0 bridgehead atoms. The van der Waals surface area contributed by atoms with Crippen LogP contribution in [0.25, 0.3) is 0 Å². The quantitative estimate of drug-likeness (QED) is 0.794. The maximum absolute atomic E-state index is 12.2. The maximum atomic E-state index is 12.2. The van der Waals surface area contributed by atoms with Crippen LogP contribution in [0.4, 0.5) is 0 Å². The van der Waals surface area contributed by atoms with E-state index in [0.29, 0.717) is 23.5 Å². The van der Waals surface area contributed by atoms with Gasteiger partial charge >= 0.3 is 0 Å². The normalized spacial score (nSPS) is 22.7. The first-order valence-electron chi connectivity index (χ1n) is 6.51. The van der Waals surface area contributed by atoms with Crippen LogP contribution in [-0.2, 0) is 9.47 Å². The fourth-order valence-electron chi connectivity index (χ4n) is 2.54. The highest BCUT2D eigenvalue weighted by Gasteiger charge is 2.39. The smallest absolute Gasteiger partial charge is 0.289 e. The summed E-state index contributed by atoms with van der Waals surface area (Å²) in [5, 5.41) is 0. The van der Waals surface area contributed by atoms with Crippen LogP contribution in [0.2, 0.25) is 0 Å². The molecule has 2 aliphatic rings. The van der Waals surface area contributed by atoms with Gasteiger partial charge in [-0.05, 0) is 34.5 Å². The standard InChI is InChI=1S/C13H16BrNO4/c14-11-3-2-10(19-11)12(16)15-6-4-13(5-7-15)17-8-1-9-18-13/h2-3H,1,4-9H2. The summed E-state index contributed by atoms with van der Waals surface area (Å²) in [6.07, 6.45) is 2.39. The molecule has 0 aliphatic carbocycles. The summed E-state index contributed by atoms with van der Waals surface area (Å²) in [5.41, 5.74) is 0. The van der Waals surface area contributed by atoms with Crippen molar-refractivity contribution in [2.45, 2.75) is 25.0 Å². The zero-order chi connectivity index (χ0) is 13.3. The van der Waals surface area contributed by atoms with Crippen molar-refractivity contribution in [3.63, 3.8) is 0 Å². The molecule has 1 amide bonds. The van der Waals surface area contributed by atoms with E-state index in [1.54, 1.807) is 17.0 Å². The summed E-state index contributed by atoms with van der Waals surface area (Å²) in [4.78, 5) is 14.0. The third-order valence-corrected chi connectivity index (χ3v) is 4.04. The lowest BCUT2D eigenvalue weighted by Crippen LogP contribution is -2.51. The molecular weight excluding hydrogens is 314 g/mol. The number of amides is 1. The largest absolute Gasteiger partial charge is 0.444 e. The molecule has 19 heavy (non-hydrogen) atoms. The van der Waals surface area contributed by atoms with Crippen LogP contribution in [0.3, 0.4) is 0 Å². The van der Waals surface area contributed by atoms with Gasteiger partial charge in [-0.15, -0.1) is 0 Å². The van der Waals surface area contributed by atoms with E-state index in [-0.39, 0.29) is 5.91 Å². The summed E-state index contributed by atoms with van der Waals surface area (Å²) in [6, 6.07) is 3.41. The molecule has 3 rings (SSSR count). The van der Waals surface area contributed by atoms with Gasteiger partial charge in [-0.1, -0.05) is 0 Å². The first-order chi connectivity index (χ1) is 9.19. The Morgan fingerprint density at radius 1 is 1.21 bits per heavy atom. The van der Waals surface area contributed by atoms with E-state index in [2.05, 4.69) is 15.9 Å². The Morgan fingerprint density at radius 3 is 2.47 bits per heavy atom. The third kappa shape index (κ3) is 2.70. The molecule has 104 valence electrons. The lowest BCUT2D eigenvalue weighted by atomic mass is 10.0. The minimum absolute atomic E-state index is 0.0728. The number of hydrogen-bond acceptors (Lipinski definition) is 4. The number of rotatable bonds is 1. The third-order valence-electron chi connectivity index (χ3n) is 3.62. The number of nitrogens with zero attached hydrogens (tertiary/aromatic N) is 1. The highest BCUT2D eigenvalue weighted by Crippen LogP contribution is 2.31. The fourth-order valence-corrected chi connectivity index (χ4v) is 2.85. The van der Waals surface area contributed by atoms with Gasteiger partial charge in [-0.3, -0.25) is 4.79 Å². The van der Waals surface area contributed by atoms with Crippen LogP contribution in [0, 0.1) is 0 Å². The van der Waals surface area contributed by atoms with Gasteiger partial charge in [0.05, 0.1) is 13.2 Å². The molecule has 0 saturated carbocycles. The van der Waals surface area contributed by atoms with Gasteiger partial charge in [-0.2, -0.15) is 0 Å². The van der Waals surface area contributed by atoms with Gasteiger partial charge < -0.3 is 18.8 Å². The molecule has 0 radical (unpaired) electrons. The second-order valence-corrected chi connectivity index (χ2v) is 5.64. The van der Waals surface area contributed by atoms with Gasteiger partial charge in [0, 0.05) is 25.9 Å². The molecule has 0 atom stereocenters. The van der Waals surface area contributed by atoms with Crippen molar-refractivity contribution in [3.05, 3.63) is 22.6 Å². The number of halogens is 1. The monoisotopic (exact) mass is 329 g/mol. The molecule has 1 aromatic rings. The molecular formula is C13H16BrNO4. The Balaban J connectivity index is 1.62. The minimum Gasteiger partial charge on any atom is -0.444 e. The van der Waals surface area contributed by atoms with Crippen LogP contribution >= 0.6 is 15.9 Å². The summed E-state index contributed by atoms with van der Waals surface area (Å²) in [6.45, 7) is 2.77.